The van der Waals surface area contributed by atoms with Crippen LogP contribution < -0.4 is 10.2 Å². The quantitative estimate of drug-likeness (QED) is 0.727. The summed E-state index contributed by atoms with van der Waals surface area (Å²) >= 11 is 0. The van der Waals surface area contributed by atoms with Gasteiger partial charge in [-0.1, -0.05) is 18.2 Å². The molecule has 0 heterocycles. The molecule has 0 radical (unpaired) electrons. The summed E-state index contributed by atoms with van der Waals surface area (Å²) < 4.78 is 5.10. The van der Waals surface area contributed by atoms with Crippen molar-refractivity contribution in [3.05, 3.63) is 59.2 Å². The molecular weight excluding hydrogens is 370 g/mol. The molecule has 2 aromatic rings. The second-order valence-electron chi connectivity index (χ2n) is 7.14. The standard InChI is InChI=1S/C22H27N3O4/c1-15-9-10-16(2)19(11-15)23-20(26)13-25(5)21(27)14-29-22(28)17-7-6-8-18(12-17)24(3)4/h6-12H,13-14H2,1-5H3,(H,23,26). The van der Waals surface area contributed by atoms with Crippen LogP contribution in [0.3, 0.4) is 0 Å². The first-order valence-electron chi connectivity index (χ1n) is 9.23. The third kappa shape index (κ3) is 6.34. The van der Waals surface area contributed by atoms with Gasteiger partial charge < -0.3 is 19.9 Å². The van der Waals surface area contributed by atoms with Crippen molar-refractivity contribution in [1.82, 2.24) is 4.90 Å². The summed E-state index contributed by atoms with van der Waals surface area (Å²) in [6.45, 7) is 3.26. The van der Waals surface area contributed by atoms with E-state index in [-0.39, 0.29) is 12.5 Å². The van der Waals surface area contributed by atoms with E-state index < -0.39 is 18.5 Å². The van der Waals surface area contributed by atoms with E-state index in [4.69, 9.17) is 4.74 Å². The van der Waals surface area contributed by atoms with Crippen LogP contribution in [0.2, 0.25) is 0 Å². The first kappa shape index (κ1) is 21.9. The van der Waals surface area contributed by atoms with Crippen molar-refractivity contribution in [3.63, 3.8) is 0 Å². The van der Waals surface area contributed by atoms with Crippen LogP contribution in [0.5, 0.6) is 0 Å². The molecule has 0 spiro atoms. The predicted octanol–water partition coefficient (Wildman–Crippen LogP) is 2.62. The molecule has 29 heavy (non-hydrogen) atoms. The molecule has 0 aliphatic heterocycles. The summed E-state index contributed by atoms with van der Waals surface area (Å²) in [6, 6.07) is 12.7. The highest BCUT2D eigenvalue weighted by Crippen LogP contribution is 2.16. The molecule has 0 atom stereocenters. The topological polar surface area (TPSA) is 79.0 Å². The minimum atomic E-state index is -0.588. The van der Waals surface area contributed by atoms with Crippen LogP contribution in [0.15, 0.2) is 42.5 Å². The lowest BCUT2D eigenvalue weighted by Gasteiger charge is -2.18. The molecule has 0 bridgehead atoms. The number of amides is 2. The molecule has 0 fully saturated rings. The molecule has 7 nitrogen and oxygen atoms in total. The summed E-state index contributed by atoms with van der Waals surface area (Å²) in [7, 11) is 5.23. The fraction of sp³-hybridized carbons (Fsp3) is 0.318. The molecule has 0 aliphatic carbocycles. The van der Waals surface area contributed by atoms with E-state index in [0.29, 0.717) is 11.3 Å². The van der Waals surface area contributed by atoms with Gasteiger partial charge in [0, 0.05) is 32.5 Å². The molecule has 2 aromatic carbocycles. The molecule has 2 rings (SSSR count). The van der Waals surface area contributed by atoms with Crippen LogP contribution >= 0.6 is 0 Å². The lowest BCUT2D eigenvalue weighted by Crippen LogP contribution is -2.37. The first-order chi connectivity index (χ1) is 13.7. The number of likely N-dealkylation sites (N-methyl/N-ethyl adjacent to an activating group) is 1. The number of aryl methyl sites for hydroxylation is 2. The zero-order chi connectivity index (χ0) is 21.6. The van der Waals surface area contributed by atoms with E-state index in [2.05, 4.69) is 5.32 Å². The molecule has 2 amide bonds. The minimum Gasteiger partial charge on any atom is -0.452 e. The van der Waals surface area contributed by atoms with E-state index in [9.17, 15) is 14.4 Å². The summed E-state index contributed by atoms with van der Waals surface area (Å²) in [4.78, 5) is 39.7. The van der Waals surface area contributed by atoms with Crippen molar-refractivity contribution < 1.29 is 19.1 Å². The van der Waals surface area contributed by atoms with Crippen molar-refractivity contribution in [3.8, 4) is 0 Å². The molecule has 7 heteroatoms. The van der Waals surface area contributed by atoms with Gasteiger partial charge in [0.2, 0.25) is 5.91 Å². The summed E-state index contributed by atoms with van der Waals surface area (Å²) in [5, 5.41) is 2.80. The Morgan fingerprint density at radius 3 is 2.41 bits per heavy atom. The highest BCUT2D eigenvalue weighted by molar-refractivity contribution is 5.96. The average Bonchev–Trinajstić information content (AvgIpc) is 2.68. The van der Waals surface area contributed by atoms with Crippen LogP contribution in [0.25, 0.3) is 0 Å². The normalized spacial score (nSPS) is 10.2. The maximum atomic E-state index is 12.2. The zero-order valence-electron chi connectivity index (χ0n) is 17.5. The second-order valence-corrected chi connectivity index (χ2v) is 7.14. The van der Waals surface area contributed by atoms with Crippen molar-refractivity contribution in [1.29, 1.82) is 0 Å². The van der Waals surface area contributed by atoms with Crippen LogP contribution in [-0.2, 0) is 14.3 Å². The second kappa shape index (κ2) is 9.73. The fourth-order valence-electron chi connectivity index (χ4n) is 2.60. The lowest BCUT2D eigenvalue weighted by molar-refractivity contribution is -0.136. The molecule has 0 unspecified atom stereocenters. The van der Waals surface area contributed by atoms with E-state index in [1.165, 1.54) is 11.9 Å². The van der Waals surface area contributed by atoms with E-state index in [1.54, 1.807) is 18.2 Å². The van der Waals surface area contributed by atoms with Crippen LogP contribution in [0, 0.1) is 13.8 Å². The number of benzene rings is 2. The lowest BCUT2D eigenvalue weighted by atomic mass is 10.1. The Kier molecular flexibility index (Phi) is 7.36. The summed E-state index contributed by atoms with van der Waals surface area (Å²) in [6.07, 6.45) is 0. The van der Waals surface area contributed by atoms with Crippen LogP contribution in [0.1, 0.15) is 21.5 Å². The van der Waals surface area contributed by atoms with E-state index >= 15 is 0 Å². The van der Waals surface area contributed by atoms with Gasteiger partial charge in [0.25, 0.3) is 5.91 Å². The zero-order valence-corrected chi connectivity index (χ0v) is 17.5. The van der Waals surface area contributed by atoms with E-state index in [0.717, 1.165) is 16.8 Å². The number of carbonyl (C=O) groups is 3. The number of anilines is 2. The highest BCUT2D eigenvalue weighted by atomic mass is 16.5. The Balaban J connectivity index is 1.87. The van der Waals surface area contributed by atoms with E-state index in [1.807, 2.05) is 57.1 Å². The third-order valence-corrected chi connectivity index (χ3v) is 4.40. The Morgan fingerprint density at radius 2 is 1.72 bits per heavy atom. The summed E-state index contributed by atoms with van der Waals surface area (Å²) in [5.74, 6) is -1.37. The molecule has 0 aromatic heterocycles. The number of nitrogens with one attached hydrogen (secondary N) is 1. The van der Waals surface area contributed by atoms with Crippen molar-refractivity contribution in [2.45, 2.75) is 13.8 Å². The van der Waals surface area contributed by atoms with Crippen molar-refractivity contribution in [2.75, 3.05) is 44.5 Å². The van der Waals surface area contributed by atoms with Crippen LogP contribution in [-0.4, -0.2) is 57.0 Å². The molecule has 0 aliphatic rings. The molecule has 1 N–H and O–H groups in total. The Morgan fingerprint density at radius 1 is 1.00 bits per heavy atom. The van der Waals surface area contributed by atoms with Gasteiger partial charge in [-0.3, -0.25) is 9.59 Å². The van der Waals surface area contributed by atoms with Gasteiger partial charge in [0.1, 0.15) is 0 Å². The number of carbonyl (C=O) groups excluding carboxylic acids is 3. The highest BCUT2D eigenvalue weighted by Gasteiger charge is 2.17. The maximum absolute atomic E-state index is 12.2. The molecule has 154 valence electrons. The number of hydrogen-bond acceptors (Lipinski definition) is 5. The van der Waals surface area contributed by atoms with Gasteiger partial charge in [0.05, 0.1) is 12.1 Å². The van der Waals surface area contributed by atoms with Crippen molar-refractivity contribution in [2.24, 2.45) is 0 Å². The number of ether oxygens (including phenoxy) is 1. The Bertz CT molecular complexity index is 909. The SMILES string of the molecule is Cc1ccc(C)c(NC(=O)CN(C)C(=O)COC(=O)c2cccc(N(C)C)c2)c1. The first-order valence-corrected chi connectivity index (χ1v) is 9.23. The minimum absolute atomic E-state index is 0.139. The monoisotopic (exact) mass is 397 g/mol. The van der Waals surface area contributed by atoms with Gasteiger partial charge in [0.15, 0.2) is 6.61 Å². The fourth-order valence-corrected chi connectivity index (χ4v) is 2.60. The summed E-state index contributed by atoms with van der Waals surface area (Å²) in [5.41, 5.74) is 3.89. The number of rotatable bonds is 7. The molecule has 0 saturated heterocycles. The van der Waals surface area contributed by atoms with Gasteiger partial charge in [-0.25, -0.2) is 4.79 Å². The van der Waals surface area contributed by atoms with Crippen molar-refractivity contribution >= 4 is 29.2 Å². The Hall–Kier alpha value is -3.35. The number of hydrogen-bond donors (Lipinski definition) is 1. The van der Waals surface area contributed by atoms with Gasteiger partial charge in [-0.2, -0.15) is 0 Å². The van der Waals surface area contributed by atoms with Gasteiger partial charge >= 0.3 is 5.97 Å². The van der Waals surface area contributed by atoms with Gasteiger partial charge in [-0.05, 0) is 49.2 Å². The Labute approximate surface area is 171 Å². The van der Waals surface area contributed by atoms with Crippen LogP contribution in [0.4, 0.5) is 11.4 Å². The third-order valence-electron chi connectivity index (χ3n) is 4.40. The number of nitrogens with zero attached hydrogens (tertiary/aromatic N) is 2. The largest absolute Gasteiger partial charge is 0.452 e. The molecular formula is C22H27N3O4. The average molecular weight is 397 g/mol. The maximum Gasteiger partial charge on any atom is 0.338 e. The predicted molar refractivity (Wildman–Crippen MR) is 113 cm³/mol. The van der Waals surface area contributed by atoms with Gasteiger partial charge in [-0.15, -0.1) is 0 Å². The smallest absolute Gasteiger partial charge is 0.338 e. The molecule has 0 saturated carbocycles. The number of esters is 1.